The van der Waals surface area contributed by atoms with E-state index in [1.54, 1.807) is 6.07 Å². The number of rotatable bonds is 2. The molecule has 0 bridgehead atoms. The van der Waals surface area contributed by atoms with Gasteiger partial charge in [-0.2, -0.15) is 0 Å². The minimum atomic E-state index is -0.943. The first-order valence-electron chi connectivity index (χ1n) is 6.35. The molecule has 1 atom stereocenters. The summed E-state index contributed by atoms with van der Waals surface area (Å²) in [6.45, 7) is 1.00. The summed E-state index contributed by atoms with van der Waals surface area (Å²) in [5, 5.41) is 13.0. The number of carbonyl (C=O) groups is 1. The van der Waals surface area contributed by atoms with Gasteiger partial charge in [0.05, 0.1) is 13.2 Å². The van der Waals surface area contributed by atoms with Crippen molar-refractivity contribution >= 4 is 6.09 Å². The monoisotopic (exact) mass is 274 g/mol. The van der Waals surface area contributed by atoms with Crippen molar-refractivity contribution in [2.45, 2.75) is 6.10 Å². The Hall–Kier alpha value is -2.34. The Bertz CT molecular complexity index is 596. The lowest BCUT2D eigenvalue weighted by Crippen LogP contribution is -2.41. The number of hydrogen-bond donors (Lipinski definition) is 1. The van der Waals surface area contributed by atoms with E-state index in [1.807, 2.05) is 30.3 Å². The quantitative estimate of drug-likeness (QED) is 0.910. The second-order valence-electron chi connectivity index (χ2n) is 4.57. The van der Waals surface area contributed by atoms with Crippen LogP contribution in [0.5, 0.6) is 0 Å². The lowest BCUT2D eigenvalue weighted by atomic mass is 10.1. The van der Waals surface area contributed by atoms with E-state index in [1.165, 1.54) is 4.90 Å². The van der Waals surface area contributed by atoms with Crippen LogP contribution in [0, 0.1) is 0 Å². The van der Waals surface area contributed by atoms with Crippen LogP contribution in [-0.2, 0) is 4.74 Å². The molecule has 1 fully saturated rings. The van der Waals surface area contributed by atoms with E-state index in [4.69, 9.17) is 14.4 Å². The van der Waals surface area contributed by atoms with Gasteiger partial charge in [-0.15, -0.1) is 0 Å². The molecule has 20 heavy (non-hydrogen) atoms. The molecule has 1 amide bonds. The molecule has 2 aromatic rings. The van der Waals surface area contributed by atoms with Crippen LogP contribution in [0.4, 0.5) is 4.79 Å². The van der Waals surface area contributed by atoms with Gasteiger partial charge in [-0.1, -0.05) is 35.5 Å². The van der Waals surface area contributed by atoms with Crippen LogP contribution in [0.25, 0.3) is 11.3 Å². The lowest BCUT2D eigenvalue weighted by Gasteiger charge is -2.29. The molecule has 1 aromatic heterocycles. The predicted octanol–water partition coefficient (Wildman–Crippen LogP) is 2.39. The van der Waals surface area contributed by atoms with E-state index < -0.39 is 12.2 Å². The summed E-state index contributed by atoms with van der Waals surface area (Å²) in [4.78, 5) is 12.3. The number of morpholine rings is 1. The van der Waals surface area contributed by atoms with E-state index in [0.29, 0.717) is 18.9 Å². The number of amides is 1. The number of benzene rings is 1. The SMILES string of the molecule is O=C(O)N1CCOC(c2cc(-c3ccccc3)no2)C1. The Kier molecular flexibility index (Phi) is 3.39. The molecule has 1 saturated heterocycles. The molecule has 2 heterocycles. The number of nitrogens with zero attached hydrogens (tertiary/aromatic N) is 2. The number of ether oxygens (including phenoxy) is 1. The van der Waals surface area contributed by atoms with Gasteiger partial charge in [0.2, 0.25) is 0 Å². The van der Waals surface area contributed by atoms with Gasteiger partial charge in [0.1, 0.15) is 11.8 Å². The van der Waals surface area contributed by atoms with Crippen molar-refractivity contribution in [1.29, 1.82) is 0 Å². The van der Waals surface area contributed by atoms with E-state index >= 15 is 0 Å². The molecule has 3 rings (SSSR count). The summed E-state index contributed by atoms with van der Waals surface area (Å²) in [6, 6.07) is 11.4. The summed E-state index contributed by atoms with van der Waals surface area (Å²) in [5.74, 6) is 0.551. The smallest absolute Gasteiger partial charge is 0.407 e. The largest absolute Gasteiger partial charge is 0.465 e. The molecular formula is C14H14N2O4. The van der Waals surface area contributed by atoms with Crippen molar-refractivity contribution < 1.29 is 19.2 Å². The molecule has 0 aliphatic carbocycles. The van der Waals surface area contributed by atoms with Crippen LogP contribution >= 0.6 is 0 Å². The van der Waals surface area contributed by atoms with Crippen LogP contribution < -0.4 is 0 Å². The zero-order valence-electron chi connectivity index (χ0n) is 10.7. The number of aromatic nitrogens is 1. The molecule has 1 unspecified atom stereocenters. The first-order valence-corrected chi connectivity index (χ1v) is 6.35. The minimum absolute atomic E-state index is 0.263. The third-order valence-electron chi connectivity index (χ3n) is 3.25. The summed E-state index contributed by atoms with van der Waals surface area (Å²) < 4.78 is 10.8. The average Bonchev–Trinajstić information content (AvgIpc) is 2.98. The Morgan fingerprint density at radius 1 is 1.35 bits per heavy atom. The highest BCUT2D eigenvalue weighted by atomic mass is 16.5. The average molecular weight is 274 g/mol. The standard InChI is InChI=1S/C14H14N2O4/c17-14(18)16-6-7-19-13(9-16)12-8-11(15-20-12)10-4-2-1-3-5-10/h1-5,8,13H,6-7,9H2,(H,17,18). The highest BCUT2D eigenvalue weighted by molar-refractivity contribution is 5.65. The van der Waals surface area contributed by atoms with E-state index in [9.17, 15) is 4.79 Å². The maximum atomic E-state index is 11.0. The predicted molar refractivity (Wildman–Crippen MR) is 70.2 cm³/mol. The maximum Gasteiger partial charge on any atom is 0.407 e. The van der Waals surface area contributed by atoms with Crippen molar-refractivity contribution in [3.8, 4) is 11.3 Å². The third-order valence-corrected chi connectivity index (χ3v) is 3.25. The van der Waals surface area contributed by atoms with Crippen LogP contribution in [0.15, 0.2) is 40.9 Å². The van der Waals surface area contributed by atoms with Crippen molar-refractivity contribution in [1.82, 2.24) is 10.1 Å². The van der Waals surface area contributed by atoms with Crippen molar-refractivity contribution in [3.63, 3.8) is 0 Å². The van der Waals surface area contributed by atoms with Crippen LogP contribution in [-0.4, -0.2) is 41.0 Å². The van der Waals surface area contributed by atoms with E-state index in [0.717, 1.165) is 11.3 Å². The fourth-order valence-corrected chi connectivity index (χ4v) is 2.18. The molecule has 1 N–H and O–H groups in total. The normalized spacial score (nSPS) is 19.0. The van der Waals surface area contributed by atoms with Crippen molar-refractivity contribution in [3.05, 3.63) is 42.2 Å². The van der Waals surface area contributed by atoms with Gasteiger partial charge in [-0.05, 0) is 0 Å². The molecule has 0 spiro atoms. The van der Waals surface area contributed by atoms with Crippen molar-refractivity contribution in [2.75, 3.05) is 19.7 Å². The molecular weight excluding hydrogens is 260 g/mol. The van der Waals surface area contributed by atoms with Crippen LogP contribution in [0.1, 0.15) is 11.9 Å². The van der Waals surface area contributed by atoms with Crippen LogP contribution in [0.3, 0.4) is 0 Å². The summed E-state index contributed by atoms with van der Waals surface area (Å²) in [6.07, 6.45) is -1.34. The summed E-state index contributed by atoms with van der Waals surface area (Å²) in [5.41, 5.74) is 1.67. The highest BCUT2D eigenvalue weighted by Gasteiger charge is 2.28. The van der Waals surface area contributed by atoms with Gasteiger partial charge >= 0.3 is 6.09 Å². The third kappa shape index (κ3) is 2.50. The molecule has 6 heteroatoms. The zero-order chi connectivity index (χ0) is 13.9. The lowest BCUT2D eigenvalue weighted by molar-refractivity contribution is -0.0352. The Labute approximate surface area is 115 Å². The van der Waals surface area contributed by atoms with E-state index in [-0.39, 0.29) is 6.54 Å². The second-order valence-corrected chi connectivity index (χ2v) is 4.57. The van der Waals surface area contributed by atoms with E-state index in [2.05, 4.69) is 5.16 Å². The molecule has 104 valence electrons. The van der Waals surface area contributed by atoms with Gasteiger partial charge in [0, 0.05) is 18.2 Å². The van der Waals surface area contributed by atoms with Crippen LogP contribution in [0.2, 0.25) is 0 Å². The summed E-state index contributed by atoms with van der Waals surface area (Å²) >= 11 is 0. The molecule has 0 radical (unpaired) electrons. The second kappa shape index (κ2) is 5.34. The van der Waals surface area contributed by atoms with Gasteiger partial charge in [-0.25, -0.2) is 4.79 Å². The van der Waals surface area contributed by atoms with Gasteiger partial charge in [0.15, 0.2) is 5.76 Å². The Balaban J connectivity index is 1.78. The number of carboxylic acid groups (broad SMARTS) is 1. The van der Waals surface area contributed by atoms with Gasteiger partial charge < -0.3 is 19.3 Å². The zero-order valence-corrected chi connectivity index (χ0v) is 10.7. The molecule has 1 aliphatic heterocycles. The Morgan fingerprint density at radius 2 is 2.15 bits per heavy atom. The molecule has 1 aliphatic rings. The Morgan fingerprint density at radius 3 is 2.90 bits per heavy atom. The van der Waals surface area contributed by atoms with Gasteiger partial charge in [-0.3, -0.25) is 0 Å². The number of hydrogen-bond acceptors (Lipinski definition) is 4. The van der Waals surface area contributed by atoms with Crippen molar-refractivity contribution in [2.24, 2.45) is 0 Å². The summed E-state index contributed by atoms with van der Waals surface area (Å²) in [7, 11) is 0. The minimum Gasteiger partial charge on any atom is -0.465 e. The maximum absolute atomic E-state index is 11.0. The fourth-order valence-electron chi connectivity index (χ4n) is 2.18. The van der Waals surface area contributed by atoms with Gasteiger partial charge in [0.25, 0.3) is 0 Å². The first kappa shape index (κ1) is 12.7. The molecule has 0 saturated carbocycles. The topological polar surface area (TPSA) is 75.8 Å². The first-order chi connectivity index (χ1) is 9.74. The highest BCUT2D eigenvalue weighted by Crippen LogP contribution is 2.26. The fraction of sp³-hybridized carbons (Fsp3) is 0.286. The molecule has 1 aromatic carbocycles. The molecule has 6 nitrogen and oxygen atoms in total.